The molecule has 1 aromatic carbocycles. The van der Waals surface area contributed by atoms with Crippen molar-refractivity contribution >= 4 is 32.2 Å². The summed E-state index contributed by atoms with van der Waals surface area (Å²) in [6.45, 7) is 0.483. The molecule has 0 aliphatic rings. The molecule has 0 bridgehead atoms. The number of hydrogen-bond donors (Lipinski definition) is 0. The number of fused-ring (bicyclic) bond motifs is 1. The molecule has 0 saturated heterocycles. The van der Waals surface area contributed by atoms with E-state index in [9.17, 15) is 22.0 Å². The first-order chi connectivity index (χ1) is 12.2. The minimum absolute atomic E-state index is 0.0216. The molecule has 0 aliphatic heterocycles. The zero-order valence-electron chi connectivity index (χ0n) is 13.8. The van der Waals surface area contributed by atoms with E-state index in [2.05, 4.69) is 4.98 Å². The summed E-state index contributed by atoms with van der Waals surface area (Å²) in [6, 6.07) is 4.26. The third-order valence-corrected chi connectivity index (χ3v) is 5.87. The first-order valence-electron chi connectivity index (χ1n) is 7.42. The van der Waals surface area contributed by atoms with Crippen molar-refractivity contribution in [2.45, 2.75) is 17.9 Å². The van der Waals surface area contributed by atoms with E-state index < -0.39 is 22.0 Å². The van der Waals surface area contributed by atoms with Gasteiger partial charge in [0.25, 0.3) is 6.43 Å². The summed E-state index contributed by atoms with van der Waals surface area (Å²) in [5.41, 5.74) is 0.246. The molecule has 7 nitrogen and oxygen atoms in total. The van der Waals surface area contributed by atoms with Gasteiger partial charge in [-0.25, -0.2) is 31.5 Å². The highest BCUT2D eigenvalue weighted by atomic mass is 32.2. The Kier molecular flexibility index (Phi) is 4.95. The summed E-state index contributed by atoms with van der Waals surface area (Å²) in [4.78, 5) is 16.5. The molecule has 140 valence electrons. The quantitative estimate of drug-likeness (QED) is 0.630. The molecule has 26 heavy (non-hydrogen) atoms. The van der Waals surface area contributed by atoms with Crippen LogP contribution in [0.25, 0.3) is 16.2 Å². The van der Waals surface area contributed by atoms with Gasteiger partial charge in [0.1, 0.15) is 0 Å². The Bertz CT molecular complexity index is 1120. The lowest BCUT2D eigenvalue weighted by Gasteiger charge is -2.03. The van der Waals surface area contributed by atoms with Crippen molar-refractivity contribution in [2.24, 2.45) is 0 Å². The molecule has 0 fully saturated rings. The van der Waals surface area contributed by atoms with Crippen molar-refractivity contribution in [3.8, 4) is 5.13 Å². The Morgan fingerprint density at radius 1 is 1.31 bits per heavy atom. The van der Waals surface area contributed by atoms with Gasteiger partial charge < -0.3 is 4.74 Å². The Balaban J connectivity index is 2.31. The standard InChI is InChI=1S/C15H15F2N3O4S2/c1-24-6-5-19-10-4-3-9(26(2,22)23)7-11(10)20(15(19)21)14-18-8-12(25-14)13(16)17/h3-4,7-8,13H,5-6H2,1-2H3. The van der Waals surface area contributed by atoms with E-state index in [0.717, 1.165) is 17.0 Å². The highest BCUT2D eigenvalue weighted by Crippen LogP contribution is 2.29. The third-order valence-electron chi connectivity index (χ3n) is 3.77. The SMILES string of the molecule is COCCn1c(=O)n(-c2ncc(C(F)F)s2)c2cc(S(C)(=O)=O)ccc21. The molecule has 2 aromatic heterocycles. The molecule has 0 saturated carbocycles. The van der Waals surface area contributed by atoms with E-state index >= 15 is 0 Å². The van der Waals surface area contributed by atoms with Crippen LogP contribution in [0.4, 0.5) is 8.78 Å². The Morgan fingerprint density at radius 2 is 2.04 bits per heavy atom. The number of nitrogens with zero attached hydrogens (tertiary/aromatic N) is 3. The lowest BCUT2D eigenvalue weighted by molar-refractivity contribution is 0.155. The fraction of sp³-hybridized carbons (Fsp3) is 0.333. The van der Waals surface area contributed by atoms with Gasteiger partial charge >= 0.3 is 5.69 Å². The van der Waals surface area contributed by atoms with Crippen molar-refractivity contribution in [2.75, 3.05) is 20.0 Å². The van der Waals surface area contributed by atoms with Gasteiger partial charge in [0.15, 0.2) is 15.0 Å². The van der Waals surface area contributed by atoms with Crippen LogP contribution in [-0.2, 0) is 21.1 Å². The van der Waals surface area contributed by atoms with E-state index in [4.69, 9.17) is 4.74 Å². The number of aromatic nitrogens is 3. The number of ether oxygens (including phenoxy) is 1. The maximum absolute atomic E-state index is 12.9. The fourth-order valence-electron chi connectivity index (χ4n) is 2.53. The summed E-state index contributed by atoms with van der Waals surface area (Å²) in [7, 11) is -2.02. The van der Waals surface area contributed by atoms with Crippen LogP contribution in [0.3, 0.4) is 0 Å². The van der Waals surface area contributed by atoms with Gasteiger partial charge in [-0.1, -0.05) is 11.3 Å². The normalized spacial score (nSPS) is 12.3. The lowest BCUT2D eigenvalue weighted by atomic mass is 10.3. The smallest absolute Gasteiger partial charge is 0.335 e. The van der Waals surface area contributed by atoms with Crippen LogP contribution in [-0.4, -0.2) is 42.5 Å². The van der Waals surface area contributed by atoms with Crippen LogP contribution in [0.5, 0.6) is 0 Å². The number of halogens is 2. The molecule has 2 heterocycles. The number of methoxy groups -OCH3 is 1. The molecule has 0 aliphatic carbocycles. The maximum Gasteiger partial charge on any atom is 0.335 e. The number of hydrogen-bond acceptors (Lipinski definition) is 6. The fourth-order valence-corrected chi connectivity index (χ4v) is 3.95. The van der Waals surface area contributed by atoms with Gasteiger partial charge in [0.2, 0.25) is 0 Å². The summed E-state index contributed by atoms with van der Waals surface area (Å²) in [5.74, 6) is 0. The van der Waals surface area contributed by atoms with Crippen molar-refractivity contribution < 1.29 is 21.9 Å². The average Bonchev–Trinajstić information content (AvgIpc) is 3.14. The Labute approximate surface area is 151 Å². The summed E-state index contributed by atoms with van der Waals surface area (Å²) in [5, 5.41) is 0.0529. The van der Waals surface area contributed by atoms with Crippen molar-refractivity contribution in [3.63, 3.8) is 0 Å². The lowest BCUT2D eigenvalue weighted by Crippen LogP contribution is -2.24. The number of thiazole rings is 1. The molecule has 0 unspecified atom stereocenters. The molecule has 0 amide bonds. The second kappa shape index (κ2) is 6.89. The van der Waals surface area contributed by atoms with Gasteiger partial charge in [-0.3, -0.25) is 4.57 Å². The molecule has 11 heteroatoms. The number of benzene rings is 1. The monoisotopic (exact) mass is 403 g/mol. The Morgan fingerprint density at radius 3 is 2.62 bits per heavy atom. The van der Waals surface area contributed by atoms with Crippen molar-refractivity contribution in [3.05, 3.63) is 39.8 Å². The van der Waals surface area contributed by atoms with E-state index in [0.29, 0.717) is 16.9 Å². The number of alkyl halides is 2. The van der Waals surface area contributed by atoms with Crippen LogP contribution in [0, 0.1) is 0 Å². The summed E-state index contributed by atoms with van der Waals surface area (Å²) >= 11 is 0.681. The van der Waals surface area contributed by atoms with E-state index in [1.807, 2.05) is 0 Å². The molecular weight excluding hydrogens is 388 g/mol. The zero-order chi connectivity index (χ0) is 19.1. The van der Waals surface area contributed by atoms with E-state index in [-0.39, 0.29) is 33.6 Å². The van der Waals surface area contributed by atoms with Gasteiger partial charge in [-0.15, -0.1) is 0 Å². The van der Waals surface area contributed by atoms with Crippen LogP contribution in [0.15, 0.2) is 34.1 Å². The second-order valence-corrected chi connectivity index (χ2v) is 8.59. The van der Waals surface area contributed by atoms with Crippen LogP contribution < -0.4 is 5.69 Å². The summed E-state index contributed by atoms with van der Waals surface area (Å²) in [6.07, 6.45) is -0.641. The highest BCUT2D eigenvalue weighted by Gasteiger charge is 2.21. The zero-order valence-corrected chi connectivity index (χ0v) is 15.5. The van der Waals surface area contributed by atoms with Crippen LogP contribution >= 0.6 is 11.3 Å². The summed E-state index contributed by atoms with van der Waals surface area (Å²) < 4.78 is 57.0. The van der Waals surface area contributed by atoms with Crippen molar-refractivity contribution in [1.82, 2.24) is 14.1 Å². The van der Waals surface area contributed by atoms with Gasteiger partial charge in [-0.05, 0) is 18.2 Å². The maximum atomic E-state index is 12.9. The first kappa shape index (κ1) is 18.7. The molecule has 0 spiro atoms. The number of rotatable bonds is 6. The van der Waals surface area contributed by atoms with Crippen LogP contribution in [0.2, 0.25) is 0 Å². The second-order valence-electron chi connectivity index (χ2n) is 5.53. The predicted octanol–water partition coefficient (Wildman–Crippen LogP) is 2.24. The molecular formula is C15H15F2N3O4S2. The van der Waals surface area contributed by atoms with Gasteiger partial charge in [0, 0.05) is 19.6 Å². The van der Waals surface area contributed by atoms with Crippen molar-refractivity contribution in [1.29, 1.82) is 0 Å². The Hall–Kier alpha value is -2.11. The first-order valence-corrected chi connectivity index (χ1v) is 10.1. The number of sulfone groups is 1. The predicted molar refractivity (Wildman–Crippen MR) is 93.1 cm³/mol. The highest BCUT2D eigenvalue weighted by molar-refractivity contribution is 7.90. The minimum atomic E-state index is -3.51. The molecule has 0 radical (unpaired) electrons. The average molecular weight is 403 g/mol. The number of imidazole rings is 1. The molecule has 3 aromatic rings. The van der Waals surface area contributed by atoms with Crippen LogP contribution in [0.1, 0.15) is 11.3 Å². The minimum Gasteiger partial charge on any atom is -0.383 e. The van der Waals surface area contributed by atoms with E-state index in [1.54, 1.807) is 0 Å². The molecule has 0 N–H and O–H groups in total. The topological polar surface area (TPSA) is 83.2 Å². The van der Waals surface area contributed by atoms with Gasteiger partial charge in [-0.2, -0.15) is 0 Å². The molecule has 0 atom stereocenters. The van der Waals surface area contributed by atoms with Gasteiger partial charge in [0.05, 0.1) is 34.0 Å². The largest absolute Gasteiger partial charge is 0.383 e. The van der Waals surface area contributed by atoms with E-state index in [1.165, 1.54) is 29.9 Å². The molecule has 3 rings (SSSR count). The third kappa shape index (κ3) is 3.29.